The maximum absolute atomic E-state index is 12.9. The Morgan fingerprint density at radius 1 is 1.00 bits per heavy atom. The van der Waals surface area contributed by atoms with Crippen LogP contribution in [0, 0.1) is 5.92 Å². The predicted octanol–water partition coefficient (Wildman–Crippen LogP) is 4.23. The van der Waals surface area contributed by atoms with E-state index in [9.17, 15) is 4.79 Å². The normalized spacial score (nSPS) is 22.6. The second-order valence-corrected chi connectivity index (χ2v) is 9.04. The molecule has 6 rings (SSSR count). The van der Waals surface area contributed by atoms with E-state index in [0.29, 0.717) is 11.8 Å². The Kier molecular flexibility index (Phi) is 4.80. The zero-order valence-electron chi connectivity index (χ0n) is 17.9. The van der Waals surface area contributed by atoms with Gasteiger partial charge >= 0.3 is 0 Å². The van der Waals surface area contributed by atoms with Crippen LogP contribution in [0.2, 0.25) is 0 Å². The number of pyridine rings is 1. The van der Waals surface area contributed by atoms with Gasteiger partial charge in [0, 0.05) is 43.0 Å². The summed E-state index contributed by atoms with van der Waals surface area (Å²) >= 11 is 0. The van der Waals surface area contributed by atoms with Gasteiger partial charge in [0.15, 0.2) is 5.76 Å². The number of aromatic amines is 1. The van der Waals surface area contributed by atoms with Crippen molar-refractivity contribution in [3.8, 4) is 11.5 Å². The average Bonchev–Trinajstić information content (AvgIpc) is 3.50. The van der Waals surface area contributed by atoms with Crippen LogP contribution in [0.1, 0.15) is 35.4 Å². The molecule has 0 aliphatic carbocycles. The zero-order valence-corrected chi connectivity index (χ0v) is 17.9. The molecule has 3 aromatic heterocycles. The first-order valence-corrected chi connectivity index (χ1v) is 11.3. The van der Waals surface area contributed by atoms with Crippen LogP contribution in [0.3, 0.4) is 0 Å². The molecule has 2 bridgehead atoms. The van der Waals surface area contributed by atoms with E-state index in [-0.39, 0.29) is 11.6 Å². The summed E-state index contributed by atoms with van der Waals surface area (Å²) in [4.78, 5) is 15.4. The third-order valence-corrected chi connectivity index (χ3v) is 6.97. The minimum atomic E-state index is 0.127. The van der Waals surface area contributed by atoms with Gasteiger partial charge < -0.3 is 8.98 Å². The van der Waals surface area contributed by atoms with E-state index in [4.69, 9.17) is 4.42 Å². The van der Waals surface area contributed by atoms with Crippen molar-refractivity contribution >= 4 is 0 Å². The van der Waals surface area contributed by atoms with E-state index < -0.39 is 0 Å². The highest BCUT2D eigenvalue weighted by atomic mass is 16.3. The number of hydrogen-bond acceptors (Lipinski definition) is 4. The molecule has 6 nitrogen and oxygen atoms in total. The van der Waals surface area contributed by atoms with Gasteiger partial charge in [-0.05, 0) is 48.6 Å². The van der Waals surface area contributed by atoms with E-state index in [1.807, 2.05) is 24.3 Å². The summed E-state index contributed by atoms with van der Waals surface area (Å²) in [5, 5.41) is 6.97. The van der Waals surface area contributed by atoms with Crippen LogP contribution in [-0.4, -0.2) is 32.8 Å². The Bertz CT molecular complexity index is 1260. The fraction of sp³-hybridized carbons (Fsp3) is 0.308. The molecule has 1 fully saturated rings. The number of nitrogens with zero attached hydrogens (tertiary/aromatic N) is 3. The number of likely N-dealkylation sites (tertiary alicyclic amines) is 1. The van der Waals surface area contributed by atoms with Crippen LogP contribution in [0.25, 0.3) is 11.5 Å². The standard InChI is InChI=1S/C26H26N4O2/c31-26-8-4-7-23-19-14-20(24(30(23)26)13-18-5-2-1-3-6-18)16-29(15-19)17-21-9-10-25(32-21)22-11-12-27-28-22/h1-12,19-20,24H,13-17H2,(H,27,28)/t19-,20+,24+/m1/s1. The van der Waals surface area contributed by atoms with Crippen LogP contribution in [0.5, 0.6) is 0 Å². The van der Waals surface area contributed by atoms with Crippen LogP contribution < -0.4 is 5.56 Å². The molecule has 6 heteroatoms. The number of aromatic nitrogens is 3. The van der Waals surface area contributed by atoms with Gasteiger partial charge in [-0.25, -0.2) is 0 Å². The Morgan fingerprint density at radius 3 is 2.75 bits per heavy atom. The number of furan rings is 1. The quantitative estimate of drug-likeness (QED) is 0.519. The van der Waals surface area contributed by atoms with Crippen LogP contribution >= 0.6 is 0 Å². The number of piperidine rings is 1. The summed E-state index contributed by atoms with van der Waals surface area (Å²) in [5.41, 5.74) is 3.48. The maximum atomic E-state index is 12.9. The number of rotatable bonds is 5. The smallest absolute Gasteiger partial charge is 0.251 e. The summed E-state index contributed by atoms with van der Waals surface area (Å²) in [7, 11) is 0. The molecule has 3 atom stereocenters. The molecular formula is C26H26N4O2. The van der Waals surface area contributed by atoms with Crippen LogP contribution in [0.15, 0.2) is 82.1 Å². The van der Waals surface area contributed by atoms with Crippen molar-refractivity contribution in [3.05, 3.63) is 100 Å². The molecule has 0 spiro atoms. The van der Waals surface area contributed by atoms with Gasteiger partial charge in [-0.2, -0.15) is 5.10 Å². The summed E-state index contributed by atoms with van der Waals surface area (Å²) in [6, 6.07) is 22.5. The van der Waals surface area contributed by atoms with E-state index >= 15 is 0 Å². The van der Waals surface area contributed by atoms with Crippen molar-refractivity contribution in [2.75, 3.05) is 13.1 Å². The maximum Gasteiger partial charge on any atom is 0.251 e. The molecule has 0 unspecified atom stereocenters. The fourth-order valence-corrected chi connectivity index (χ4v) is 5.60. The highest BCUT2D eigenvalue weighted by molar-refractivity contribution is 5.51. The van der Waals surface area contributed by atoms with Gasteiger partial charge in [0.25, 0.3) is 5.56 Å². The lowest BCUT2D eigenvalue weighted by Gasteiger charge is -2.47. The zero-order chi connectivity index (χ0) is 21.5. The molecule has 1 saturated heterocycles. The second-order valence-electron chi connectivity index (χ2n) is 9.04. The molecule has 5 heterocycles. The molecule has 0 amide bonds. The SMILES string of the molecule is O=c1cccc2n1[C@@H](Cc1ccccc1)[C@H]1C[C@@H]2CN(Cc2ccc(-c3ccn[nH]3)o2)C1. The summed E-state index contributed by atoms with van der Waals surface area (Å²) in [6.45, 7) is 2.68. The number of hydrogen-bond donors (Lipinski definition) is 1. The molecule has 2 aliphatic heterocycles. The lowest BCUT2D eigenvalue weighted by atomic mass is 9.76. The van der Waals surface area contributed by atoms with Crippen molar-refractivity contribution < 1.29 is 4.42 Å². The Balaban J connectivity index is 1.28. The first-order valence-electron chi connectivity index (χ1n) is 11.3. The molecule has 32 heavy (non-hydrogen) atoms. The Morgan fingerprint density at radius 2 is 1.91 bits per heavy atom. The van der Waals surface area contributed by atoms with Crippen molar-refractivity contribution in [2.24, 2.45) is 5.92 Å². The van der Waals surface area contributed by atoms with E-state index in [0.717, 1.165) is 49.7 Å². The average molecular weight is 427 g/mol. The minimum Gasteiger partial charge on any atom is -0.458 e. The molecule has 1 N–H and O–H groups in total. The topological polar surface area (TPSA) is 67.1 Å². The summed E-state index contributed by atoms with van der Waals surface area (Å²) in [5.74, 6) is 2.58. The molecule has 0 saturated carbocycles. The number of H-pyrrole nitrogens is 1. The van der Waals surface area contributed by atoms with Crippen molar-refractivity contribution in [2.45, 2.75) is 31.3 Å². The number of fused-ring (bicyclic) bond motifs is 4. The predicted molar refractivity (Wildman–Crippen MR) is 122 cm³/mol. The monoisotopic (exact) mass is 426 g/mol. The molecular weight excluding hydrogens is 400 g/mol. The van der Waals surface area contributed by atoms with E-state index in [1.54, 1.807) is 12.3 Å². The van der Waals surface area contributed by atoms with Crippen molar-refractivity contribution in [1.29, 1.82) is 0 Å². The van der Waals surface area contributed by atoms with Crippen LogP contribution in [0.4, 0.5) is 0 Å². The molecule has 2 aliphatic rings. The van der Waals surface area contributed by atoms with Crippen LogP contribution in [-0.2, 0) is 13.0 Å². The summed E-state index contributed by atoms with van der Waals surface area (Å²) in [6.07, 6.45) is 3.75. The third-order valence-electron chi connectivity index (χ3n) is 6.97. The molecule has 0 radical (unpaired) electrons. The van der Waals surface area contributed by atoms with E-state index in [2.05, 4.69) is 56.1 Å². The lowest BCUT2D eigenvalue weighted by molar-refractivity contribution is 0.0806. The highest BCUT2D eigenvalue weighted by Crippen LogP contribution is 2.42. The number of benzene rings is 1. The largest absolute Gasteiger partial charge is 0.458 e. The highest BCUT2D eigenvalue weighted by Gasteiger charge is 2.40. The van der Waals surface area contributed by atoms with Crippen molar-refractivity contribution in [3.63, 3.8) is 0 Å². The summed E-state index contributed by atoms with van der Waals surface area (Å²) < 4.78 is 8.19. The molecule has 1 aromatic carbocycles. The van der Waals surface area contributed by atoms with Gasteiger partial charge in [0.1, 0.15) is 11.5 Å². The Labute approximate surface area is 186 Å². The second kappa shape index (κ2) is 7.95. The third kappa shape index (κ3) is 3.50. The van der Waals surface area contributed by atoms with Gasteiger partial charge in [-0.1, -0.05) is 36.4 Å². The van der Waals surface area contributed by atoms with Gasteiger partial charge in [-0.3, -0.25) is 14.8 Å². The van der Waals surface area contributed by atoms with E-state index in [1.165, 1.54) is 11.3 Å². The first kappa shape index (κ1) is 19.3. The Hall–Kier alpha value is -3.38. The lowest BCUT2D eigenvalue weighted by Crippen LogP contribution is -2.49. The first-order chi connectivity index (χ1) is 15.7. The fourth-order valence-electron chi connectivity index (χ4n) is 5.60. The minimum absolute atomic E-state index is 0.127. The molecule has 162 valence electrons. The van der Waals surface area contributed by atoms with Gasteiger partial charge in [0.2, 0.25) is 0 Å². The molecule has 4 aromatic rings. The van der Waals surface area contributed by atoms with Gasteiger partial charge in [-0.15, -0.1) is 0 Å². The van der Waals surface area contributed by atoms with Gasteiger partial charge in [0.05, 0.1) is 6.54 Å². The number of nitrogens with one attached hydrogen (secondary N) is 1. The van der Waals surface area contributed by atoms with Crippen molar-refractivity contribution in [1.82, 2.24) is 19.7 Å².